The summed E-state index contributed by atoms with van der Waals surface area (Å²) in [7, 11) is 0. The molecule has 0 aliphatic rings. The summed E-state index contributed by atoms with van der Waals surface area (Å²) < 4.78 is 17.2. The highest BCUT2D eigenvalue weighted by molar-refractivity contribution is 5.86. The Morgan fingerprint density at radius 1 is 1.30 bits per heavy atom. The van der Waals surface area contributed by atoms with Gasteiger partial charge in [-0.05, 0) is 30.2 Å². The summed E-state index contributed by atoms with van der Waals surface area (Å²) in [6, 6.07) is 5.70. The van der Waals surface area contributed by atoms with E-state index in [4.69, 9.17) is 9.84 Å². The highest BCUT2D eigenvalue weighted by Crippen LogP contribution is 2.08. The molecule has 0 aliphatic carbocycles. The van der Waals surface area contributed by atoms with Gasteiger partial charge < -0.3 is 19.7 Å². The van der Waals surface area contributed by atoms with E-state index in [0.717, 1.165) is 12.8 Å². The second-order valence-electron chi connectivity index (χ2n) is 5.36. The maximum atomic E-state index is 12.8. The molecule has 1 N–H and O–H groups in total. The first-order valence-electron chi connectivity index (χ1n) is 7.77. The predicted molar refractivity (Wildman–Crippen MR) is 86.6 cm³/mol. The lowest BCUT2D eigenvalue weighted by atomic mass is 10.2. The topological polar surface area (TPSA) is 69.6 Å². The Labute approximate surface area is 136 Å². The van der Waals surface area contributed by atoms with Gasteiger partial charge in [0.25, 0.3) is 0 Å². The standard InChI is InChI=1S/C17H24FNO4/c1-2-3-10-19(22,11-13-20)12-14-23-17(21)9-6-15-4-7-16(18)8-5-15/h4-9,20H,2-3,10-14H2,1H3/b9-6+/t19-/m0/s1. The van der Waals surface area contributed by atoms with E-state index in [2.05, 4.69) is 0 Å². The summed E-state index contributed by atoms with van der Waals surface area (Å²) in [6.07, 6.45) is 4.42. The van der Waals surface area contributed by atoms with Crippen molar-refractivity contribution in [2.75, 3.05) is 32.8 Å². The van der Waals surface area contributed by atoms with Crippen LogP contribution in [0.15, 0.2) is 30.3 Å². The highest BCUT2D eigenvalue weighted by atomic mass is 19.1. The number of halogens is 1. The highest BCUT2D eigenvalue weighted by Gasteiger charge is 2.16. The van der Waals surface area contributed by atoms with Crippen molar-refractivity contribution in [1.29, 1.82) is 0 Å². The molecule has 0 amide bonds. The van der Waals surface area contributed by atoms with Crippen molar-refractivity contribution in [3.63, 3.8) is 0 Å². The molecular weight excluding hydrogens is 301 g/mol. The van der Waals surface area contributed by atoms with Gasteiger partial charge in [0, 0.05) is 6.08 Å². The van der Waals surface area contributed by atoms with Gasteiger partial charge in [0.05, 0.1) is 13.2 Å². The Balaban J connectivity index is 2.40. The van der Waals surface area contributed by atoms with Crippen LogP contribution in [0.25, 0.3) is 6.08 Å². The number of hydroxylamine groups is 3. The first-order valence-corrected chi connectivity index (χ1v) is 7.77. The number of esters is 1. The molecule has 0 aromatic heterocycles. The van der Waals surface area contributed by atoms with Crippen molar-refractivity contribution >= 4 is 12.0 Å². The number of rotatable bonds is 10. The van der Waals surface area contributed by atoms with Crippen LogP contribution in [0.5, 0.6) is 0 Å². The number of hydrogen-bond donors (Lipinski definition) is 1. The van der Waals surface area contributed by atoms with Gasteiger partial charge in [0.1, 0.15) is 25.5 Å². The van der Waals surface area contributed by atoms with Crippen LogP contribution in [0.1, 0.15) is 25.3 Å². The largest absolute Gasteiger partial charge is 0.633 e. The number of unbranched alkanes of at least 4 members (excludes halogenated alkanes) is 1. The summed E-state index contributed by atoms with van der Waals surface area (Å²) >= 11 is 0. The zero-order chi connectivity index (χ0) is 17.1. The first-order chi connectivity index (χ1) is 11.0. The molecule has 0 heterocycles. The van der Waals surface area contributed by atoms with Crippen LogP contribution in [0, 0.1) is 11.0 Å². The number of ether oxygens (including phenoxy) is 1. The van der Waals surface area contributed by atoms with Crippen molar-refractivity contribution in [2.45, 2.75) is 19.8 Å². The summed E-state index contributed by atoms with van der Waals surface area (Å²) in [4.78, 5) is 11.6. The molecule has 1 rings (SSSR count). The molecule has 1 aromatic rings. The van der Waals surface area contributed by atoms with Gasteiger partial charge in [-0.1, -0.05) is 25.5 Å². The number of carbonyl (C=O) groups excluding carboxylic acids is 1. The Kier molecular flexibility index (Phi) is 8.47. The van der Waals surface area contributed by atoms with Crippen molar-refractivity contribution in [2.24, 2.45) is 0 Å². The van der Waals surface area contributed by atoms with Crippen LogP contribution in [0.2, 0.25) is 0 Å². The number of benzene rings is 1. The fourth-order valence-corrected chi connectivity index (χ4v) is 2.06. The average Bonchev–Trinajstić information content (AvgIpc) is 2.53. The summed E-state index contributed by atoms with van der Waals surface area (Å²) in [5, 5.41) is 21.4. The molecule has 1 aromatic carbocycles. The fourth-order valence-electron chi connectivity index (χ4n) is 2.06. The lowest BCUT2D eigenvalue weighted by Gasteiger charge is -2.42. The van der Waals surface area contributed by atoms with Crippen LogP contribution in [0.3, 0.4) is 0 Å². The molecule has 0 radical (unpaired) electrons. The molecule has 0 saturated carbocycles. The van der Waals surface area contributed by atoms with Crippen molar-refractivity contribution < 1.29 is 23.7 Å². The van der Waals surface area contributed by atoms with Gasteiger partial charge in [0.2, 0.25) is 0 Å². The van der Waals surface area contributed by atoms with E-state index in [1.165, 1.54) is 24.3 Å². The normalized spacial score (nSPS) is 13.9. The molecule has 0 unspecified atom stereocenters. The molecule has 0 saturated heterocycles. The van der Waals surface area contributed by atoms with Gasteiger partial charge in [-0.25, -0.2) is 9.18 Å². The Morgan fingerprint density at radius 2 is 2.00 bits per heavy atom. The second-order valence-corrected chi connectivity index (χ2v) is 5.36. The van der Waals surface area contributed by atoms with E-state index in [9.17, 15) is 14.4 Å². The van der Waals surface area contributed by atoms with Crippen molar-refractivity contribution in [3.05, 3.63) is 46.9 Å². The summed E-state index contributed by atoms with van der Waals surface area (Å²) in [6.45, 7) is 2.43. The Hall–Kier alpha value is -1.76. The monoisotopic (exact) mass is 325 g/mol. The van der Waals surface area contributed by atoms with Crippen molar-refractivity contribution in [3.8, 4) is 0 Å². The molecule has 23 heavy (non-hydrogen) atoms. The second kappa shape index (κ2) is 10.1. The average molecular weight is 325 g/mol. The Morgan fingerprint density at radius 3 is 2.61 bits per heavy atom. The van der Waals surface area contributed by atoms with Crippen molar-refractivity contribution in [1.82, 2.24) is 0 Å². The zero-order valence-corrected chi connectivity index (χ0v) is 13.4. The van der Waals surface area contributed by atoms with Gasteiger partial charge in [-0.15, -0.1) is 0 Å². The molecule has 5 nitrogen and oxygen atoms in total. The van der Waals surface area contributed by atoms with Gasteiger partial charge in [-0.2, -0.15) is 0 Å². The quantitative estimate of drug-likeness (QED) is 0.310. The number of nitrogens with zero attached hydrogens (tertiary/aromatic N) is 1. The van der Waals surface area contributed by atoms with E-state index < -0.39 is 10.6 Å². The third kappa shape index (κ3) is 7.88. The van der Waals surface area contributed by atoms with Gasteiger partial charge >= 0.3 is 5.97 Å². The predicted octanol–water partition coefficient (Wildman–Crippen LogP) is 2.49. The Bertz CT molecular complexity index is 504. The number of quaternary nitrogens is 1. The van der Waals surface area contributed by atoms with E-state index in [0.29, 0.717) is 12.1 Å². The van der Waals surface area contributed by atoms with E-state index in [1.54, 1.807) is 12.1 Å². The SMILES string of the molecule is CCCC[N@+]([O-])(CCO)CCOC(=O)/C=C/c1ccc(F)cc1. The molecule has 0 spiro atoms. The summed E-state index contributed by atoms with van der Waals surface area (Å²) in [5.41, 5.74) is 0.681. The molecule has 0 fully saturated rings. The maximum Gasteiger partial charge on any atom is 0.330 e. The molecule has 128 valence electrons. The molecule has 0 bridgehead atoms. The number of aliphatic hydroxyl groups excluding tert-OH is 1. The zero-order valence-electron chi connectivity index (χ0n) is 13.4. The minimum atomic E-state index is -0.556. The lowest BCUT2D eigenvalue weighted by Crippen LogP contribution is -2.47. The van der Waals surface area contributed by atoms with Gasteiger partial charge in [0.15, 0.2) is 0 Å². The minimum Gasteiger partial charge on any atom is -0.633 e. The minimum absolute atomic E-state index is 0.000193. The van der Waals surface area contributed by atoms with Crippen LogP contribution >= 0.6 is 0 Å². The van der Waals surface area contributed by atoms with E-state index in [1.807, 2.05) is 6.92 Å². The third-order valence-electron chi connectivity index (χ3n) is 3.45. The van der Waals surface area contributed by atoms with Crippen LogP contribution in [0.4, 0.5) is 4.39 Å². The third-order valence-corrected chi connectivity index (χ3v) is 3.45. The summed E-state index contributed by atoms with van der Waals surface area (Å²) in [5.74, 6) is -0.898. The molecular formula is C17H24FNO4. The van der Waals surface area contributed by atoms with Crippen LogP contribution < -0.4 is 0 Å². The van der Waals surface area contributed by atoms with Crippen LogP contribution in [-0.4, -0.2) is 48.6 Å². The first kappa shape index (κ1) is 19.3. The molecule has 1 atom stereocenters. The fraction of sp³-hybridized carbons (Fsp3) is 0.471. The molecule has 0 aliphatic heterocycles. The van der Waals surface area contributed by atoms with Gasteiger partial charge in [-0.3, -0.25) is 0 Å². The number of aliphatic hydroxyl groups is 1. The molecule has 6 heteroatoms. The maximum absolute atomic E-state index is 12.8. The van der Waals surface area contributed by atoms with E-state index in [-0.39, 0.29) is 32.1 Å². The smallest absolute Gasteiger partial charge is 0.330 e. The number of carbonyl (C=O) groups is 1. The lowest BCUT2D eigenvalue weighted by molar-refractivity contribution is -0.881. The van der Waals surface area contributed by atoms with Crippen LogP contribution in [-0.2, 0) is 9.53 Å². The number of hydrogen-bond acceptors (Lipinski definition) is 4. The van der Waals surface area contributed by atoms with E-state index >= 15 is 0 Å².